The quantitative estimate of drug-likeness (QED) is 0.533. The van der Waals surface area contributed by atoms with E-state index in [4.69, 9.17) is 4.74 Å². The van der Waals surface area contributed by atoms with Gasteiger partial charge in [-0.05, 0) is 25.0 Å². The van der Waals surface area contributed by atoms with Crippen molar-refractivity contribution in [3.63, 3.8) is 0 Å². The van der Waals surface area contributed by atoms with E-state index in [9.17, 15) is 9.59 Å². The molecule has 1 aromatic rings. The first-order chi connectivity index (χ1) is 11.6. The van der Waals surface area contributed by atoms with Gasteiger partial charge in [0.2, 0.25) is 5.91 Å². The van der Waals surface area contributed by atoms with Crippen LogP contribution in [0.4, 0.5) is 5.82 Å². The number of carbonyl (C=O) groups is 2. The van der Waals surface area contributed by atoms with Crippen molar-refractivity contribution in [3.8, 4) is 0 Å². The van der Waals surface area contributed by atoms with E-state index in [0.29, 0.717) is 24.1 Å². The van der Waals surface area contributed by atoms with Gasteiger partial charge in [-0.1, -0.05) is 34.6 Å². The fourth-order valence-corrected chi connectivity index (χ4v) is 3.04. The number of nitrogens with one attached hydrogen (secondary N) is 1. The topological polar surface area (TPSA) is 73.2 Å². The summed E-state index contributed by atoms with van der Waals surface area (Å²) in [7, 11) is 0. The van der Waals surface area contributed by atoms with Crippen molar-refractivity contribution in [3.05, 3.63) is 11.8 Å². The van der Waals surface area contributed by atoms with E-state index < -0.39 is 0 Å². The lowest BCUT2D eigenvalue weighted by molar-refractivity contribution is -0.144. The van der Waals surface area contributed by atoms with Gasteiger partial charge in [-0.2, -0.15) is 16.9 Å². The van der Waals surface area contributed by atoms with Crippen molar-refractivity contribution >= 4 is 29.5 Å². The van der Waals surface area contributed by atoms with Crippen molar-refractivity contribution in [1.29, 1.82) is 0 Å². The first-order valence-corrected chi connectivity index (χ1v) is 9.90. The number of hydrogen-bond donors (Lipinski definition) is 1. The molecule has 1 rings (SSSR count). The number of aromatic nitrogens is 2. The molecule has 6 nitrogen and oxygen atoms in total. The van der Waals surface area contributed by atoms with Crippen LogP contribution < -0.4 is 5.32 Å². The monoisotopic (exact) mass is 369 g/mol. The maximum Gasteiger partial charge on any atom is 0.327 e. The standard InChI is InChI=1S/C18H31N3O3S/c1-7-24-17(23)11-21-15(10-14(20-21)18(4,5)6)19-16(22)12-25-9-8-13(2)3/h10,13H,7-9,11-12H2,1-6H3,(H,19,22). The third kappa shape index (κ3) is 7.94. The van der Waals surface area contributed by atoms with Crippen LogP contribution in [0.2, 0.25) is 0 Å². The van der Waals surface area contributed by atoms with E-state index in [1.807, 2.05) is 26.8 Å². The van der Waals surface area contributed by atoms with Crippen molar-refractivity contribution in [2.45, 2.75) is 59.9 Å². The number of anilines is 1. The van der Waals surface area contributed by atoms with Crippen LogP contribution in [0.5, 0.6) is 0 Å². The average Bonchev–Trinajstić information content (AvgIpc) is 2.86. The van der Waals surface area contributed by atoms with Crippen molar-refractivity contribution in [1.82, 2.24) is 9.78 Å². The predicted octanol–water partition coefficient (Wildman–Crippen LogP) is 3.46. The number of esters is 1. The minimum atomic E-state index is -0.368. The smallest absolute Gasteiger partial charge is 0.327 e. The van der Waals surface area contributed by atoms with E-state index >= 15 is 0 Å². The lowest BCUT2D eigenvalue weighted by atomic mass is 9.92. The maximum absolute atomic E-state index is 12.2. The summed E-state index contributed by atoms with van der Waals surface area (Å²) in [6.45, 7) is 12.5. The molecule has 25 heavy (non-hydrogen) atoms. The van der Waals surface area contributed by atoms with Crippen LogP contribution in [0.15, 0.2) is 6.07 Å². The van der Waals surface area contributed by atoms with Gasteiger partial charge in [-0.3, -0.25) is 9.59 Å². The van der Waals surface area contributed by atoms with Crippen molar-refractivity contribution in [2.75, 3.05) is 23.4 Å². The zero-order valence-corrected chi connectivity index (χ0v) is 17.0. The number of carbonyl (C=O) groups excluding carboxylic acids is 2. The lowest BCUT2D eigenvalue weighted by Crippen LogP contribution is -2.21. The van der Waals surface area contributed by atoms with Crippen LogP contribution in [0, 0.1) is 5.92 Å². The van der Waals surface area contributed by atoms with Crippen LogP contribution in [-0.4, -0.2) is 39.8 Å². The summed E-state index contributed by atoms with van der Waals surface area (Å²) in [6.07, 6.45) is 1.09. The maximum atomic E-state index is 12.2. The Morgan fingerprint density at radius 3 is 2.60 bits per heavy atom. The van der Waals surface area contributed by atoms with Gasteiger partial charge >= 0.3 is 5.97 Å². The van der Waals surface area contributed by atoms with Gasteiger partial charge in [0.05, 0.1) is 18.1 Å². The number of thioether (sulfide) groups is 1. The minimum Gasteiger partial charge on any atom is -0.465 e. The van der Waals surface area contributed by atoms with Gasteiger partial charge < -0.3 is 10.1 Å². The van der Waals surface area contributed by atoms with E-state index in [-0.39, 0.29) is 23.8 Å². The van der Waals surface area contributed by atoms with Gasteiger partial charge in [0.1, 0.15) is 12.4 Å². The molecule has 1 heterocycles. The SMILES string of the molecule is CCOC(=O)Cn1nc(C(C)(C)C)cc1NC(=O)CSCCC(C)C. The molecule has 0 atom stereocenters. The molecule has 1 amide bonds. The summed E-state index contributed by atoms with van der Waals surface area (Å²) in [4.78, 5) is 24.0. The third-order valence-electron chi connectivity index (χ3n) is 3.47. The van der Waals surface area contributed by atoms with Gasteiger partial charge in [0.15, 0.2) is 0 Å². The highest BCUT2D eigenvalue weighted by Gasteiger charge is 2.22. The number of nitrogens with zero attached hydrogens (tertiary/aromatic N) is 2. The zero-order chi connectivity index (χ0) is 19.0. The normalized spacial score (nSPS) is 11.6. The Bertz CT molecular complexity index is 577. The number of hydrogen-bond acceptors (Lipinski definition) is 5. The Morgan fingerprint density at radius 1 is 1.36 bits per heavy atom. The number of amides is 1. The van der Waals surface area contributed by atoms with Crippen LogP contribution in [-0.2, 0) is 26.3 Å². The molecule has 0 saturated carbocycles. The summed E-state index contributed by atoms with van der Waals surface area (Å²) >= 11 is 1.62. The molecule has 1 aromatic heterocycles. The van der Waals surface area contributed by atoms with Crippen LogP contribution >= 0.6 is 11.8 Å². The molecule has 0 saturated heterocycles. The Hall–Kier alpha value is -1.50. The summed E-state index contributed by atoms with van der Waals surface area (Å²) < 4.78 is 6.50. The Morgan fingerprint density at radius 2 is 2.04 bits per heavy atom. The molecule has 0 radical (unpaired) electrons. The molecule has 0 fully saturated rings. The van der Waals surface area contributed by atoms with Crippen molar-refractivity contribution in [2.24, 2.45) is 5.92 Å². The molecule has 0 aromatic carbocycles. The Kier molecular flexibility index (Phi) is 8.48. The first kappa shape index (κ1) is 21.5. The predicted molar refractivity (Wildman–Crippen MR) is 103 cm³/mol. The van der Waals surface area contributed by atoms with E-state index in [1.54, 1.807) is 18.7 Å². The van der Waals surface area contributed by atoms with Crippen molar-refractivity contribution < 1.29 is 14.3 Å². The molecule has 0 aliphatic rings. The zero-order valence-electron chi connectivity index (χ0n) is 16.2. The Balaban J connectivity index is 2.76. The molecule has 0 bridgehead atoms. The Labute approximate surface area is 155 Å². The van der Waals surface area contributed by atoms with E-state index in [1.165, 1.54) is 4.68 Å². The highest BCUT2D eigenvalue weighted by atomic mass is 32.2. The van der Waals surface area contributed by atoms with Gasteiger partial charge in [0, 0.05) is 11.5 Å². The van der Waals surface area contributed by atoms with Gasteiger partial charge in [0.25, 0.3) is 0 Å². The minimum absolute atomic E-state index is 0.0139. The van der Waals surface area contributed by atoms with Gasteiger partial charge in [-0.25, -0.2) is 4.68 Å². The number of ether oxygens (including phenoxy) is 1. The molecule has 0 aliphatic heterocycles. The second-order valence-corrected chi connectivity index (χ2v) is 8.52. The van der Waals surface area contributed by atoms with E-state index in [2.05, 4.69) is 24.3 Å². The number of rotatable bonds is 9. The van der Waals surface area contributed by atoms with E-state index in [0.717, 1.165) is 17.9 Å². The molecule has 0 unspecified atom stereocenters. The summed E-state index contributed by atoms with van der Waals surface area (Å²) in [5, 5.41) is 7.34. The molecule has 0 aliphatic carbocycles. The molecule has 0 spiro atoms. The first-order valence-electron chi connectivity index (χ1n) is 8.75. The fourth-order valence-electron chi connectivity index (χ4n) is 2.00. The third-order valence-corrected chi connectivity index (χ3v) is 4.46. The molecular formula is C18H31N3O3S. The van der Waals surface area contributed by atoms with Crippen LogP contribution in [0.1, 0.15) is 53.7 Å². The average molecular weight is 370 g/mol. The fraction of sp³-hybridized carbons (Fsp3) is 0.722. The highest BCUT2D eigenvalue weighted by Crippen LogP contribution is 2.24. The van der Waals surface area contributed by atoms with Crippen LogP contribution in [0.25, 0.3) is 0 Å². The molecular weight excluding hydrogens is 338 g/mol. The second kappa shape index (κ2) is 9.85. The summed E-state index contributed by atoms with van der Waals surface area (Å²) in [5.74, 6) is 2.07. The summed E-state index contributed by atoms with van der Waals surface area (Å²) in [6, 6.07) is 1.83. The van der Waals surface area contributed by atoms with Crippen LogP contribution in [0.3, 0.4) is 0 Å². The molecule has 7 heteroatoms. The van der Waals surface area contributed by atoms with Gasteiger partial charge in [-0.15, -0.1) is 0 Å². The highest BCUT2D eigenvalue weighted by molar-refractivity contribution is 7.99. The second-order valence-electron chi connectivity index (χ2n) is 7.41. The molecule has 1 N–H and O–H groups in total. The lowest BCUT2D eigenvalue weighted by Gasteiger charge is -2.14. The summed E-state index contributed by atoms with van der Waals surface area (Å²) in [5.41, 5.74) is 0.644. The molecule has 142 valence electrons. The largest absolute Gasteiger partial charge is 0.465 e.